The monoisotopic (exact) mass is 315 g/mol. The van der Waals surface area contributed by atoms with Gasteiger partial charge in [0.05, 0.1) is 13.2 Å². The average Bonchev–Trinajstić information content (AvgIpc) is 2.33. The van der Waals surface area contributed by atoms with Crippen LogP contribution in [0.15, 0.2) is 27.6 Å². The van der Waals surface area contributed by atoms with E-state index >= 15 is 0 Å². The lowest BCUT2D eigenvalue weighted by Gasteiger charge is -2.25. The first kappa shape index (κ1) is 13.1. The minimum absolute atomic E-state index is 0.0913. The normalized spacial score (nSPS) is 17.1. The Balaban J connectivity index is 2.08. The summed E-state index contributed by atoms with van der Waals surface area (Å²) < 4.78 is 8.56. The van der Waals surface area contributed by atoms with Crippen LogP contribution >= 0.6 is 27.9 Å². The number of halogens is 1. The first-order valence-electron chi connectivity index (χ1n) is 5.48. The van der Waals surface area contributed by atoms with Gasteiger partial charge < -0.3 is 4.74 Å². The number of carbonyl (C=O) groups excluding carboxylic acids is 1. The van der Waals surface area contributed by atoms with Gasteiger partial charge >= 0.3 is 0 Å². The molecular weight excluding hydrogens is 302 g/mol. The molecule has 17 heavy (non-hydrogen) atoms. The number of rotatable bonds is 3. The van der Waals surface area contributed by atoms with E-state index in [1.807, 2.05) is 18.2 Å². The van der Waals surface area contributed by atoms with E-state index in [0.717, 1.165) is 41.2 Å². The first-order chi connectivity index (χ1) is 8.16. The van der Waals surface area contributed by atoms with Gasteiger partial charge in [0, 0.05) is 28.0 Å². The molecule has 0 aliphatic carbocycles. The van der Waals surface area contributed by atoms with Gasteiger partial charge in [-0.15, -0.1) is 0 Å². The number of hydrogen-bond acceptors (Lipinski definition) is 4. The first-order valence-corrected chi connectivity index (χ1v) is 7.04. The summed E-state index contributed by atoms with van der Waals surface area (Å²) in [5.74, 6) is 0.0913. The molecule has 1 aliphatic heterocycles. The molecule has 3 nitrogen and oxygen atoms in total. The third-order valence-electron chi connectivity index (χ3n) is 2.54. The molecule has 0 bridgehead atoms. The van der Waals surface area contributed by atoms with Gasteiger partial charge in [-0.1, -0.05) is 6.07 Å². The molecular formula is C12H14BrNO2S. The third kappa shape index (κ3) is 3.55. The van der Waals surface area contributed by atoms with Crippen molar-refractivity contribution in [3.05, 3.63) is 28.2 Å². The van der Waals surface area contributed by atoms with Gasteiger partial charge in [-0.25, -0.2) is 4.31 Å². The van der Waals surface area contributed by atoms with E-state index in [4.69, 9.17) is 4.74 Å². The molecule has 0 amide bonds. The molecule has 1 saturated heterocycles. The Labute approximate surface area is 114 Å². The highest BCUT2D eigenvalue weighted by atomic mass is 79.9. The predicted molar refractivity (Wildman–Crippen MR) is 72.4 cm³/mol. The second-order valence-corrected chi connectivity index (χ2v) is 5.83. The van der Waals surface area contributed by atoms with Crippen molar-refractivity contribution in [2.24, 2.45) is 0 Å². The minimum atomic E-state index is 0.0913. The molecule has 0 saturated carbocycles. The summed E-state index contributed by atoms with van der Waals surface area (Å²) >= 11 is 5.22. The molecule has 0 atom stereocenters. The van der Waals surface area contributed by atoms with E-state index in [1.165, 1.54) is 0 Å². The van der Waals surface area contributed by atoms with Crippen molar-refractivity contribution in [2.45, 2.75) is 11.8 Å². The second kappa shape index (κ2) is 6.00. The topological polar surface area (TPSA) is 29.5 Å². The zero-order chi connectivity index (χ0) is 12.3. The minimum Gasteiger partial charge on any atom is -0.379 e. The summed E-state index contributed by atoms with van der Waals surface area (Å²) in [6.07, 6.45) is 0. The van der Waals surface area contributed by atoms with Crippen molar-refractivity contribution in [3.63, 3.8) is 0 Å². The van der Waals surface area contributed by atoms with Crippen LogP contribution in [0, 0.1) is 0 Å². The smallest absolute Gasteiger partial charge is 0.159 e. The maximum Gasteiger partial charge on any atom is 0.159 e. The molecule has 1 aliphatic rings. The van der Waals surface area contributed by atoms with Gasteiger partial charge in [0.1, 0.15) is 0 Å². The van der Waals surface area contributed by atoms with E-state index in [0.29, 0.717) is 0 Å². The average molecular weight is 316 g/mol. The molecule has 1 aromatic rings. The summed E-state index contributed by atoms with van der Waals surface area (Å²) in [6.45, 7) is 5.03. The van der Waals surface area contributed by atoms with E-state index < -0.39 is 0 Å². The van der Waals surface area contributed by atoms with E-state index in [2.05, 4.69) is 20.2 Å². The number of morpholine rings is 1. The number of ether oxygens (including phenoxy) is 1. The Bertz CT molecular complexity index is 419. The van der Waals surface area contributed by atoms with Crippen molar-refractivity contribution in [1.29, 1.82) is 0 Å². The maximum absolute atomic E-state index is 11.2. The van der Waals surface area contributed by atoms with E-state index in [1.54, 1.807) is 18.9 Å². The standard InChI is InChI=1S/C12H14BrNO2S/c1-9(15)10-2-3-12(11(13)8-10)17-14-4-6-16-7-5-14/h2-3,8H,4-7H2,1H3. The van der Waals surface area contributed by atoms with Crippen LogP contribution in [0.1, 0.15) is 17.3 Å². The van der Waals surface area contributed by atoms with Crippen molar-refractivity contribution in [3.8, 4) is 0 Å². The molecule has 1 heterocycles. The highest BCUT2D eigenvalue weighted by Gasteiger charge is 2.13. The summed E-state index contributed by atoms with van der Waals surface area (Å²) in [4.78, 5) is 12.4. The maximum atomic E-state index is 11.2. The zero-order valence-corrected chi connectivity index (χ0v) is 12.0. The molecule has 0 N–H and O–H groups in total. The molecule has 5 heteroatoms. The SMILES string of the molecule is CC(=O)c1ccc(SN2CCOCC2)c(Br)c1. The number of hydrogen-bond donors (Lipinski definition) is 0. The van der Waals surface area contributed by atoms with Gasteiger partial charge in [0.2, 0.25) is 0 Å². The number of benzene rings is 1. The van der Waals surface area contributed by atoms with Crippen molar-refractivity contribution in [2.75, 3.05) is 26.3 Å². The van der Waals surface area contributed by atoms with Gasteiger partial charge in [0.15, 0.2) is 5.78 Å². The summed E-state index contributed by atoms with van der Waals surface area (Å²) in [5, 5.41) is 0. The Morgan fingerprint density at radius 3 is 2.71 bits per heavy atom. The number of Topliss-reactive ketones (excluding diaryl/α,β-unsaturated/α-hetero) is 1. The Kier molecular flexibility index (Phi) is 4.62. The number of ketones is 1. The molecule has 2 rings (SSSR count). The molecule has 0 aromatic heterocycles. The number of nitrogens with zero attached hydrogens (tertiary/aromatic N) is 1. The quantitative estimate of drug-likeness (QED) is 0.633. The Morgan fingerprint density at radius 1 is 1.41 bits per heavy atom. The van der Waals surface area contributed by atoms with Gasteiger partial charge in [-0.3, -0.25) is 4.79 Å². The molecule has 1 aromatic carbocycles. The molecule has 92 valence electrons. The zero-order valence-electron chi connectivity index (χ0n) is 9.61. The molecule has 0 radical (unpaired) electrons. The summed E-state index contributed by atoms with van der Waals surface area (Å²) in [6, 6.07) is 5.74. The predicted octanol–water partition coefficient (Wildman–Crippen LogP) is 2.99. The van der Waals surface area contributed by atoms with Gasteiger partial charge in [-0.05, 0) is 46.9 Å². The lowest BCUT2D eigenvalue weighted by Crippen LogP contribution is -2.30. The fourth-order valence-corrected chi connectivity index (χ4v) is 3.05. The Hall–Kier alpha value is -0.360. The van der Waals surface area contributed by atoms with Crippen molar-refractivity contribution < 1.29 is 9.53 Å². The highest BCUT2D eigenvalue weighted by Crippen LogP contribution is 2.31. The Morgan fingerprint density at radius 2 is 2.12 bits per heavy atom. The summed E-state index contributed by atoms with van der Waals surface area (Å²) in [7, 11) is 0. The largest absolute Gasteiger partial charge is 0.379 e. The van der Waals surface area contributed by atoms with Crippen LogP contribution in [0.4, 0.5) is 0 Å². The van der Waals surface area contributed by atoms with Gasteiger partial charge in [0.25, 0.3) is 0 Å². The van der Waals surface area contributed by atoms with Crippen LogP contribution in [-0.2, 0) is 4.74 Å². The highest BCUT2D eigenvalue weighted by molar-refractivity contribution is 9.10. The third-order valence-corrected chi connectivity index (χ3v) is 4.63. The fourth-order valence-electron chi connectivity index (χ4n) is 1.57. The molecule has 0 spiro atoms. The second-order valence-electron chi connectivity index (χ2n) is 3.83. The van der Waals surface area contributed by atoms with Crippen LogP contribution in [0.2, 0.25) is 0 Å². The lowest BCUT2D eigenvalue weighted by atomic mass is 10.2. The van der Waals surface area contributed by atoms with E-state index in [9.17, 15) is 4.79 Å². The summed E-state index contributed by atoms with van der Waals surface area (Å²) in [5.41, 5.74) is 0.739. The van der Waals surface area contributed by atoms with Crippen LogP contribution in [0.5, 0.6) is 0 Å². The molecule has 0 unspecified atom stereocenters. The van der Waals surface area contributed by atoms with E-state index in [-0.39, 0.29) is 5.78 Å². The van der Waals surface area contributed by atoms with Crippen molar-refractivity contribution >= 4 is 33.7 Å². The van der Waals surface area contributed by atoms with Crippen molar-refractivity contribution in [1.82, 2.24) is 4.31 Å². The van der Waals surface area contributed by atoms with Crippen LogP contribution in [0.25, 0.3) is 0 Å². The van der Waals surface area contributed by atoms with Crippen LogP contribution in [0.3, 0.4) is 0 Å². The number of carbonyl (C=O) groups is 1. The van der Waals surface area contributed by atoms with Crippen LogP contribution < -0.4 is 0 Å². The fraction of sp³-hybridized carbons (Fsp3) is 0.417. The molecule has 1 fully saturated rings. The van der Waals surface area contributed by atoms with Crippen LogP contribution in [-0.4, -0.2) is 36.4 Å². The van der Waals surface area contributed by atoms with Gasteiger partial charge in [-0.2, -0.15) is 0 Å². The lowest BCUT2D eigenvalue weighted by molar-refractivity contribution is 0.0773.